The van der Waals surface area contributed by atoms with Crippen LogP contribution in [0.15, 0.2) is 78.1 Å². The van der Waals surface area contributed by atoms with Crippen LogP contribution in [0.1, 0.15) is 54.7 Å². The third kappa shape index (κ3) is 7.88. The number of hydrogen-bond donors (Lipinski definition) is 1. The van der Waals surface area contributed by atoms with Crippen molar-refractivity contribution in [3.63, 3.8) is 0 Å². The number of methoxy groups -OCH3 is 2. The molecule has 0 bridgehead atoms. The van der Waals surface area contributed by atoms with E-state index in [0.717, 1.165) is 48.7 Å². The molecule has 1 aliphatic heterocycles. The first-order valence-corrected chi connectivity index (χ1v) is 18.0. The van der Waals surface area contributed by atoms with Gasteiger partial charge in [0.1, 0.15) is 40.2 Å². The molecule has 9 nitrogen and oxygen atoms in total. The molecule has 1 saturated heterocycles. The van der Waals surface area contributed by atoms with Crippen molar-refractivity contribution >= 4 is 21.5 Å². The van der Waals surface area contributed by atoms with E-state index < -0.39 is 38.3 Å². The highest BCUT2D eigenvalue weighted by molar-refractivity contribution is 7.92. The molecule has 2 heterocycles. The van der Waals surface area contributed by atoms with Gasteiger partial charge in [-0.05, 0) is 80.9 Å². The van der Waals surface area contributed by atoms with Crippen molar-refractivity contribution in [3.05, 3.63) is 102 Å². The Morgan fingerprint density at radius 1 is 0.961 bits per heavy atom. The third-order valence-corrected chi connectivity index (χ3v) is 11.4. The summed E-state index contributed by atoms with van der Waals surface area (Å²) in [6.45, 7) is 1.23. The highest BCUT2D eigenvalue weighted by Gasteiger charge is 2.38. The number of benzene rings is 3. The lowest BCUT2D eigenvalue weighted by Gasteiger charge is -2.42. The zero-order valence-corrected chi connectivity index (χ0v) is 28.9. The van der Waals surface area contributed by atoms with Crippen LogP contribution in [0.25, 0.3) is 0 Å². The Morgan fingerprint density at radius 2 is 1.75 bits per heavy atom. The van der Waals surface area contributed by atoms with E-state index in [1.54, 1.807) is 24.3 Å². The number of aromatic nitrogens is 2. The number of anilines is 2. The van der Waals surface area contributed by atoms with Crippen LogP contribution in [0.5, 0.6) is 11.5 Å². The van der Waals surface area contributed by atoms with Gasteiger partial charge in [-0.25, -0.2) is 31.5 Å². The Balaban J connectivity index is 1.28. The molecule has 0 unspecified atom stereocenters. The van der Waals surface area contributed by atoms with Crippen molar-refractivity contribution in [2.75, 3.05) is 36.9 Å². The highest BCUT2D eigenvalue weighted by atomic mass is 32.2. The van der Waals surface area contributed by atoms with Crippen molar-refractivity contribution in [2.24, 2.45) is 0 Å². The summed E-state index contributed by atoms with van der Waals surface area (Å²) in [5.74, 6) is -1.59. The first-order chi connectivity index (χ1) is 24.4. The highest BCUT2D eigenvalue weighted by Crippen LogP contribution is 2.40. The molecule has 0 spiro atoms. The molecule has 2 fully saturated rings. The molecule has 3 atom stereocenters. The molecule has 1 aromatic heterocycles. The molecule has 1 saturated carbocycles. The van der Waals surface area contributed by atoms with Gasteiger partial charge in [0.2, 0.25) is 0 Å². The van der Waals surface area contributed by atoms with Crippen molar-refractivity contribution in [1.29, 1.82) is 0 Å². The second kappa shape index (κ2) is 15.0. The maximum absolute atomic E-state index is 16.0. The van der Waals surface area contributed by atoms with Gasteiger partial charge in [-0.3, -0.25) is 4.90 Å². The van der Waals surface area contributed by atoms with Crippen molar-refractivity contribution in [2.45, 2.75) is 67.7 Å². The minimum Gasteiger partial charge on any atom is -0.497 e. The van der Waals surface area contributed by atoms with Gasteiger partial charge in [-0.15, -0.1) is 0 Å². The van der Waals surface area contributed by atoms with Crippen LogP contribution < -0.4 is 19.1 Å². The van der Waals surface area contributed by atoms with Crippen molar-refractivity contribution in [3.8, 4) is 11.5 Å². The van der Waals surface area contributed by atoms with E-state index in [9.17, 15) is 21.6 Å². The smallest absolute Gasteiger partial charge is 0.416 e. The number of nitrogens with one attached hydrogen (secondary N) is 1. The lowest BCUT2D eigenvalue weighted by atomic mass is 9.77. The predicted octanol–water partition coefficient (Wildman–Crippen LogP) is 7.40. The van der Waals surface area contributed by atoms with Gasteiger partial charge < -0.3 is 14.8 Å². The van der Waals surface area contributed by atoms with Crippen LogP contribution in [0.4, 0.5) is 33.5 Å². The lowest BCUT2D eigenvalue weighted by molar-refractivity contribution is -0.137. The summed E-state index contributed by atoms with van der Waals surface area (Å²) < 4.78 is 112. The topological polar surface area (TPSA) is 96.9 Å². The van der Waals surface area contributed by atoms with Crippen LogP contribution in [0.3, 0.4) is 0 Å². The van der Waals surface area contributed by atoms with Crippen LogP contribution in [-0.2, 0) is 22.7 Å². The maximum Gasteiger partial charge on any atom is 0.416 e. The molecule has 3 aromatic carbocycles. The quantitative estimate of drug-likeness (QED) is 0.160. The predicted molar refractivity (Wildman–Crippen MR) is 181 cm³/mol. The van der Waals surface area contributed by atoms with Crippen LogP contribution in [-0.4, -0.2) is 62.7 Å². The average molecular weight is 732 g/mol. The maximum atomic E-state index is 16.0. The largest absolute Gasteiger partial charge is 0.497 e. The Hall–Kier alpha value is -4.50. The molecule has 51 heavy (non-hydrogen) atoms. The summed E-state index contributed by atoms with van der Waals surface area (Å²) in [6.07, 6.45) is 1.47. The molecule has 0 radical (unpaired) electrons. The molecule has 4 aromatic rings. The summed E-state index contributed by atoms with van der Waals surface area (Å²) in [7, 11) is -1.86. The zero-order chi connectivity index (χ0) is 36.3. The second-order valence-electron chi connectivity index (χ2n) is 12.7. The van der Waals surface area contributed by atoms with Crippen molar-refractivity contribution < 1.29 is 39.8 Å². The minimum atomic E-state index is -4.75. The first kappa shape index (κ1) is 36.3. The van der Waals surface area contributed by atoms with Gasteiger partial charge in [0.05, 0.1) is 32.0 Å². The van der Waals surface area contributed by atoms with E-state index in [-0.39, 0.29) is 36.1 Å². The summed E-state index contributed by atoms with van der Waals surface area (Å²) in [5.41, 5.74) is 0.101. The molecule has 272 valence electrons. The van der Waals surface area contributed by atoms with Crippen LogP contribution in [0, 0.1) is 11.6 Å². The summed E-state index contributed by atoms with van der Waals surface area (Å²) in [6, 6.07) is 12.5. The third-order valence-electron chi connectivity index (χ3n) is 9.67. The first-order valence-electron chi connectivity index (χ1n) is 16.6. The molecule has 1 N–H and O–H groups in total. The summed E-state index contributed by atoms with van der Waals surface area (Å²) >= 11 is 0. The molecule has 15 heteroatoms. The average Bonchev–Trinajstić information content (AvgIpc) is 3.67. The van der Waals surface area contributed by atoms with Gasteiger partial charge in [-0.1, -0.05) is 18.2 Å². The molecule has 0 amide bonds. The molecule has 1 aliphatic carbocycles. The minimum absolute atomic E-state index is 0.0733. The fourth-order valence-electron chi connectivity index (χ4n) is 7.08. The van der Waals surface area contributed by atoms with Crippen LogP contribution >= 0.6 is 0 Å². The number of ether oxygens (including phenoxy) is 2. The number of hydrogen-bond acceptors (Lipinski definition) is 8. The molecular weight excluding hydrogens is 693 g/mol. The van der Waals surface area contributed by atoms with Gasteiger partial charge >= 0.3 is 6.18 Å². The standard InChI is InChI=1S/C36H38F5N5O4S/c1-49-27-10-8-25(33(18-27)50-2)21-46(35-12-13-42-22-43-35)51(47,48)34-20-28(37)31(19-29(34)38)44-30-11-9-24(17-32(30)45-14-3-4-15-45)23-6-5-7-26(16-23)36(39,40)41/h5-8,10,12-13,16,18-20,22,24,30,32,44H,3-4,9,11,14-15,17,21H2,1-2H3/t24-,30-,32-/m0/s1. The fraction of sp³-hybridized carbons (Fsp3) is 0.389. The van der Waals surface area contributed by atoms with Crippen molar-refractivity contribution in [1.82, 2.24) is 14.9 Å². The van der Waals surface area contributed by atoms with E-state index >= 15 is 8.78 Å². The fourth-order valence-corrected chi connectivity index (χ4v) is 8.53. The van der Waals surface area contributed by atoms with E-state index in [2.05, 4.69) is 20.2 Å². The van der Waals surface area contributed by atoms with Gasteiger partial charge in [0.25, 0.3) is 10.0 Å². The van der Waals surface area contributed by atoms with E-state index in [0.29, 0.717) is 48.0 Å². The number of nitrogens with zero attached hydrogens (tertiary/aromatic N) is 4. The summed E-state index contributed by atoms with van der Waals surface area (Å²) in [4.78, 5) is 9.28. The Kier molecular flexibility index (Phi) is 10.7. The SMILES string of the molecule is COc1ccc(CN(c2ccncn2)S(=O)(=O)c2cc(F)c(N[C@H]3CC[C@H](c4cccc(C(F)(F)F)c4)C[C@@H]3N3CCCC3)cc2F)c(OC)c1. The second-order valence-corrected chi connectivity index (χ2v) is 14.5. The number of sulfonamides is 1. The Labute approximate surface area is 293 Å². The number of likely N-dealkylation sites (tertiary alicyclic amines) is 1. The molecular formula is C36H38F5N5O4S. The van der Waals surface area contributed by atoms with E-state index in [4.69, 9.17) is 9.47 Å². The Morgan fingerprint density at radius 3 is 2.43 bits per heavy atom. The monoisotopic (exact) mass is 731 g/mol. The van der Waals surface area contributed by atoms with Gasteiger partial charge in [0, 0.05) is 42.0 Å². The number of rotatable bonds is 11. The zero-order valence-electron chi connectivity index (χ0n) is 28.0. The normalized spacial score (nSPS) is 19.9. The number of alkyl halides is 3. The van der Waals surface area contributed by atoms with Gasteiger partial charge in [0.15, 0.2) is 0 Å². The Bertz CT molecular complexity index is 1940. The van der Waals surface area contributed by atoms with Crippen LogP contribution in [0.2, 0.25) is 0 Å². The van der Waals surface area contributed by atoms with E-state index in [1.165, 1.54) is 38.6 Å². The lowest BCUT2D eigenvalue weighted by Crippen LogP contribution is -2.49. The summed E-state index contributed by atoms with van der Waals surface area (Å²) in [5, 5.41) is 3.14. The molecule has 2 aliphatic rings. The van der Waals surface area contributed by atoms with Gasteiger partial charge in [-0.2, -0.15) is 13.2 Å². The van der Waals surface area contributed by atoms with E-state index in [1.807, 2.05) is 0 Å². The molecule has 6 rings (SSSR count). The number of halogens is 5.